The van der Waals surface area contributed by atoms with Gasteiger partial charge in [-0.1, -0.05) is 0 Å². The first-order valence-corrected chi connectivity index (χ1v) is 3.24. The molecule has 0 amide bonds. The summed E-state index contributed by atoms with van der Waals surface area (Å²) in [6.45, 7) is 0. The molecule has 0 fully saturated rings. The van der Waals surface area contributed by atoms with Crippen molar-refractivity contribution in [1.29, 1.82) is 5.26 Å². The predicted molar refractivity (Wildman–Crippen MR) is 42.6 cm³/mol. The van der Waals surface area contributed by atoms with E-state index in [0.29, 0.717) is 0 Å². The second-order valence-electron chi connectivity index (χ2n) is 2.17. The van der Waals surface area contributed by atoms with Crippen LogP contribution in [0.5, 0.6) is 5.75 Å². The number of nitriles is 1. The maximum Gasteiger partial charge on any atom is 0.290 e. The highest BCUT2D eigenvalue weighted by Crippen LogP contribution is 2.22. The molecule has 0 aliphatic rings. The minimum Gasteiger partial charge on any atom is -0.411 e. The summed E-state index contributed by atoms with van der Waals surface area (Å²) < 4.78 is 0. The molecule has 0 saturated heterocycles. The summed E-state index contributed by atoms with van der Waals surface area (Å²) in [4.78, 5) is 14.0. The smallest absolute Gasteiger partial charge is 0.290 e. The predicted octanol–water partition coefficient (Wildman–Crippen LogP) is 0.719. The first kappa shape index (κ1) is 8.96. The van der Waals surface area contributed by atoms with Crippen LogP contribution in [-0.2, 0) is 0 Å². The molecule has 0 unspecified atom stereocenters. The van der Waals surface area contributed by atoms with E-state index < -0.39 is 4.92 Å². The summed E-state index contributed by atoms with van der Waals surface area (Å²) in [7, 11) is 0. The molecule has 0 aliphatic carbocycles. The number of nitro groups is 1. The molecule has 1 aromatic carbocycles. The number of benzene rings is 1. The first-order chi connectivity index (χ1) is 6.19. The van der Waals surface area contributed by atoms with Gasteiger partial charge >= 0.3 is 0 Å². The molecule has 6 nitrogen and oxygen atoms in total. The third-order valence-corrected chi connectivity index (χ3v) is 1.42. The Morgan fingerprint density at radius 3 is 2.77 bits per heavy atom. The van der Waals surface area contributed by atoms with Gasteiger partial charge in [-0.25, -0.2) is 0 Å². The van der Waals surface area contributed by atoms with Crippen LogP contribution in [0.2, 0.25) is 0 Å². The zero-order valence-electron chi connectivity index (χ0n) is 6.43. The molecule has 66 valence electrons. The van der Waals surface area contributed by atoms with Crippen molar-refractivity contribution >= 4 is 5.69 Å². The van der Waals surface area contributed by atoms with Gasteiger partial charge in [-0.15, -0.1) is 0 Å². The number of nitrogens with zero attached hydrogens (tertiary/aromatic N) is 2. The van der Waals surface area contributed by atoms with E-state index in [9.17, 15) is 10.1 Å². The van der Waals surface area contributed by atoms with Gasteiger partial charge in [-0.2, -0.15) is 11.2 Å². The molecule has 6 heteroatoms. The molecule has 0 radical (unpaired) electrons. The van der Waals surface area contributed by atoms with Gasteiger partial charge in [0, 0.05) is 0 Å². The number of nitro benzene ring substituents is 1. The Hall–Kier alpha value is -2.13. The third-order valence-electron chi connectivity index (χ3n) is 1.42. The van der Waals surface area contributed by atoms with E-state index in [-0.39, 0.29) is 17.0 Å². The molecule has 2 N–H and O–H groups in total. The Kier molecular flexibility index (Phi) is 2.42. The second-order valence-corrected chi connectivity index (χ2v) is 2.17. The number of hydrogen-bond acceptors (Lipinski definition) is 5. The van der Waals surface area contributed by atoms with Crippen LogP contribution < -0.4 is 10.7 Å². The number of hydrogen-bond donors (Lipinski definition) is 1. The average Bonchev–Trinajstić information content (AvgIpc) is 2.16. The Bertz CT molecular complexity index is 383. The highest BCUT2D eigenvalue weighted by atomic mass is 16.6. The summed E-state index contributed by atoms with van der Waals surface area (Å²) in [6, 6.07) is 5.44. The zero-order chi connectivity index (χ0) is 9.84. The highest BCUT2D eigenvalue weighted by molar-refractivity contribution is 5.52. The van der Waals surface area contributed by atoms with Gasteiger partial charge in [0.05, 0.1) is 11.0 Å². The van der Waals surface area contributed by atoms with E-state index in [0.717, 1.165) is 6.07 Å². The standard InChI is InChI=1S/C7H5N3O3/c8-4-5-1-2-6(13-9)3-7(5)10(11)12/h1-3H,9H2. The summed E-state index contributed by atoms with van der Waals surface area (Å²) in [5, 5.41) is 18.9. The van der Waals surface area contributed by atoms with Crippen molar-refractivity contribution < 1.29 is 9.76 Å². The van der Waals surface area contributed by atoms with E-state index in [1.165, 1.54) is 12.1 Å². The summed E-state index contributed by atoms with van der Waals surface area (Å²) in [6.07, 6.45) is 0. The van der Waals surface area contributed by atoms with Crippen LogP contribution in [0.4, 0.5) is 5.69 Å². The maximum atomic E-state index is 10.4. The molecule has 0 saturated carbocycles. The monoisotopic (exact) mass is 179 g/mol. The lowest BCUT2D eigenvalue weighted by molar-refractivity contribution is -0.385. The maximum absolute atomic E-state index is 10.4. The molecule has 0 spiro atoms. The molecular weight excluding hydrogens is 174 g/mol. The minimum absolute atomic E-state index is 0.0224. The Balaban J connectivity index is 3.28. The minimum atomic E-state index is -0.666. The average molecular weight is 179 g/mol. The van der Waals surface area contributed by atoms with Crippen molar-refractivity contribution in [1.82, 2.24) is 0 Å². The van der Waals surface area contributed by atoms with Crippen molar-refractivity contribution in [2.24, 2.45) is 5.90 Å². The molecule has 1 aromatic rings. The van der Waals surface area contributed by atoms with E-state index in [4.69, 9.17) is 11.2 Å². The number of rotatable bonds is 2. The normalized spacial score (nSPS) is 8.92. The molecule has 0 atom stereocenters. The van der Waals surface area contributed by atoms with Gasteiger partial charge in [-0.05, 0) is 12.1 Å². The van der Waals surface area contributed by atoms with E-state index >= 15 is 0 Å². The third kappa shape index (κ3) is 1.72. The van der Waals surface area contributed by atoms with Crippen molar-refractivity contribution in [3.8, 4) is 11.8 Å². The lowest BCUT2D eigenvalue weighted by atomic mass is 10.2. The zero-order valence-corrected chi connectivity index (χ0v) is 6.43. The Morgan fingerprint density at radius 2 is 2.31 bits per heavy atom. The van der Waals surface area contributed by atoms with Crippen LogP contribution in [-0.4, -0.2) is 4.92 Å². The van der Waals surface area contributed by atoms with Crippen LogP contribution in [0, 0.1) is 21.4 Å². The highest BCUT2D eigenvalue weighted by Gasteiger charge is 2.14. The van der Waals surface area contributed by atoms with Crippen molar-refractivity contribution in [2.75, 3.05) is 0 Å². The number of nitrogens with two attached hydrogens (primary N) is 1. The fourth-order valence-corrected chi connectivity index (χ4v) is 0.830. The quantitative estimate of drug-likeness (QED) is 0.532. The Morgan fingerprint density at radius 1 is 1.62 bits per heavy atom. The van der Waals surface area contributed by atoms with Gasteiger partial charge < -0.3 is 4.84 Å². The largest absolute Gasteiger partial charge is 0.411 e. The summed E-state index contributed by atoms with van der Waals surface area (Å²) >= 11 is 0. The molecule has 0 bridgehead atoms. The molecule has 0 aliphatic heterocycles. The van der Waals surface area contributed by atoms with Gasteiger partial charge in [-0.3, -0.25) is 10.1 Å². The summed E-state index contributed by atoms with van der Waals surface area (Å²) in [5.74, 6) is 4.95. The van der Waals surface area contributed by atoms with Gasteiger partial charge in [0.15, 0.2) is 5.75 Å². The molecule has 1 rings (SSSR count). The molecular formula is C7H5N3O3. The fourth-order valence-electron chi connectivity index (χ4n) is 0.830. The summed E-state index contributed by atoms with van der Waals surface area (Å²) in [5.41, 5.74) is -0.337. The van der Waals surface area contributed by atoms with Crippen molar-refractivity contribution in [3.63, 3.8) is 0 Å². The molecule has 0 aromatic heterocycles. The van der Waals surface area contributed by atoms with E-state index in [2.05, 4.69) is 4.84 Å². The molecule has 0 heterocycles. The van der Waals surface area contributed by atoms with Crippen molar-refractivity contribution in [3.05, 3.63) is 33.9 Å². The van der Waals surface area contributed by atoms with Gasteiger partial charge in [0.25, 0.3) is 5.69 Å². The van der Waals surface area contributed by atoms with Crippen LogP contribution in [0.1, 0.15) is 5.56 Å². The van der Waals surface area contributed by atoms with Crippen LogP contribution >= 0.6 is 0 Å². The van der Waals surface area contributed by atoms with Gasteiger partial charge in [0.1, 0.15) is 11.6 Å². The fraction of sp³-hybridized carbons (Fsp3) is 0. The lowest BCUT2D eigenvalue weighted by Crippen LogP contribution is -2.02. The molecule has 13 heavy (non-hydrogen) atoms. The van der Waals surface area contributed by atoms with Crippen LogP contribution in [0.3, 0.4) is 0 Å². The first-order valence-electron chi connectivity index (χ1n) is 3.24. The van der Waals surface area contributed by atoms with E-state index in [1.807, 2.05) is 0 Å². The second kappa shape index (κ2) is 3.51. The van der Waals surface area contributed by atoms with Crippen LogP contribution in [0.15, 0.2) is 18.2 Å². The van der Waals surface area contributed by atoms with Gasteiger partial charge in [0.2, 0.25) is 0 Å². The topological polar surface area (TPSA) is 102 Å². The Labute approximate surface area is 73.2 Å². The van der Waals surface area contributed by atoms with E-state index in [1.54, 1.807) is 6.07 Å². The van der Waals surface area contributed by atoms with Crippen LogP contribution in [0.25, 0.3) is 0 Å². The lowest BCUT2D eigenvalue weighted by Gasteiger charge is -1.98. The SMILES string of the molecule is N#Cc1ccc(ON)cc1[N+](=O)[O-]. The van der Waals surface area contributed by atoms with Crippen molar-refractivity contribution in [2.45, 2.75) is 0 Å².